The lowest BCUT2D eigenvalue weighted by Crippen LogP contribution is -2.63. The van der Waals surface area contributed by atoms with Gasteiger partial charge in [0.1, 0.15) is 5.54 Å². The molecule has 1 aromatic heterocycles. The summed E-state index contributed by atoms with van der Waals surface area (Å²) in [6.07, 6.45) is 3.57. The van der Waals surface area contributed by atoms with Crippen LogP contribution in [0.3, 0.4) is 0 Å². The summed E-state index contributed by atoms with van der Waals surface area (Å²) in [7, 11) is 0. The molecule has 0 saturated carbocycles. The van der Waals surface area contributed by atoms with Crippen molar-refractivity contribution in [1.29, 1.82) is 0 Å². The number of benzene rings is 1. The van der Waals surface area contributed by atoms with E-state index in [0.717, 1.165) is 24.1 Å². The van der Waals surface area contributed by atoms with Crippen LogP contribution in [-0.4, -0.2) is 62.7 Å². The van der Waals surface area contributed by atoms with Gasteiger partial charge in [-0.25, -0.2) is 9.97 Å². The molecule has 3 heterocycles. The lowest BCUT2D eigenvalue weighted by atomic mass is 9.98. The fourth-order valence-corrected chi connectivity index (χ4v) is 4.72. The van der Waals surface area contributed by atoms with Crippen molar-refractivity contribution in [3.63, 3.8) is 0 Å². The smallest absolute Gasteiger partial charge is 0.245 e. The topological polar surface area (TPSA) is 95.5 Å². The number of likely N-dealkylation sites (tertiary alicyclic amines) is 1. The van der Waals surface area contributed by atoms with Crippen molar-refractivity contribution in [2.75, 3.05) is 19.6 Å². The molecule has 9 heteroatoms. The van der Waals surface area contributed by atoms with E-state index in [9.17, 15) is 14.4 Å². The summed E-state index contributed by atoms with van der Waals surface area (Å²) < 4.78 is 0. The van der Waals surface area contributed by atoms with Crippen molar-refractivity contribution >= 4 is 29.3 Å². The van der Waals surface area contributed by atoms with Gasteiger partial charge in [0, 0.05) is 49.3 Å². The predicted octanol–water partition coefficient (Wildman–Crippen LogP) is 2.98. The molecule has 33 heavy (non-hydrogen) atoms. The van der Waals surface area contributed by atoms with Gasteiger partial charge in [-0.2, -0.15) is 0 Å². The van der Waals surface area contributed by atoms with Crippen molar-refractivity contribution < 1.29 is 14.4 Å². The SMILES string of the molecule is CC1(C)C(=O)NCCN1C(=O)CCC(=O)N1CCCC1c1ccnc(-c2cccc(Cl)c2)n1. The van der Waals surface area contributed by atoms with E-state index in [1.165, 1.54) is 0 Å². The molecular weight excluding hydrogens is 442 g/mol. The molecule has 8 nitrogen and oxygen atoms in total. The Labute approximate surface area is 198 Å². The molecule has 1 atom stereocenters. The molecule has 2 aliphatic heterocycles. The summed E-state index contributed by atoms with van der Waals surface area (Å²) in [4.78, 5) is 50.4. The summed E-state index contributed by atoms with van der Waals surface area (Å²) >= 11 is 6.11. The van der Waals surface area contributed by atoms with Crippen LogP contribution in [0.4, 0.5) is 0 Å². The first-order valence-electron chi connectivity index (χ1n) is 11.2. The van der Waals surface area contributed by atoms with Crippen molar-refractivity contribution in [3.8, 4) is 11.4 Å². The molecule has 1 unspecified atom stereocenters. The zero-order valence-electron chi connectivity index (χ0n) is 18.9. The van der Waals surface area contributed by atoms with Crippen molar-refractivity contribution in [2.24, 2.45) is 0 Å². The third kappa shape index (κ3) is 4.85. The molecule has 3 amide bonds. The Morgan fingerprint density at radius 3 is 2.76 bits per heavy atom. The van der Waals surface area contributed by atoms with Gasteiger partial charge in [0.05, 0.1) is 11.7 Å². The minimum absolute atomic E-state index is 0.0759. The maximum Gasteiger partial charge on any atom is 0.245 e. The lowest BCUT2D eigenvalue weighted by molar-refractivity contribution is -0.150. The molecule has 2 fully saturated rings. The van der Waals surface area contributed by atoms with E-state index in [-0.39, 0.29) is 36.6 Å². The van der Waals surface area contributed by atoms with Crippen molar-refractivity contribution in [1.82, 2.24) is 25.1 Å². The first-order valence-corrected chi connectivity index (χ1v) is 11.6. The van der Waals surface area contributed by atoms with Gasteiger partial charge in [-0.15, -0.1) is 0 Å². The summed E-state index contributed by atoms with van der Waals surface area (Å²) in [5.41, 5.74) is 0.691. The van der Waals surface area contributed by atoms with Crippen LogP contribution in [-0.2, 0) is 14.4 Å². The number of hydrogen-bond acceptors (Lipinski definition) is 5. The maximum absolute atomic E-state index is 13.1. The van der Waals surface area contributed by atoms with E-state index in [1.54, 1.807) is 31.0 Å². The molecule has 2 saturated heterocycles. The van der Waals surface area contributed by atoms with E-state index >= 15 is 0 Å². The molecule has 0 aliphatic carbocycles. The largest absolute Gasteiger partial charge is 0.352 e. The number of carbonyl (C=O) groups excluding carboxylic acids is 3. The fourth-order valence-electron chi connectivity index (χ4n) is 4.53. The van der Waals surface area contributed by atoms with Crippen LogP contribution in [0, 0.1) is 0 Å². The Morgan fingerprint density at radius 2 is 1.97 bits per heavy atom. The summed E-state index contributed by atoms with van der Waals surface area (Å²) in [5.74, 6) is 0.139. The number of aromatic nitrogens is 2. The molecule has 174 valence electrons. The van der Waals surface area contributed by atoms with Crippen LogP contribution in [0.2, 0.25) is 5.02 Å². The highest BCUT2D eigenvalue weighted by molar-refractivity contribution is 6.30. The van der Waals surface area contributed by atoms with E-state index in [0.29, 0.717) is 30.5 Å². The number of halogens is 1. The van der Waals surface area contributed by atoms with E-state index < -0.39 is 5.54 Å². The Morgan fingerprint density at radius 1 is 1.18 bits per heavy atom. The number of rotatable bonds is 5. The summed E-state index contributed by atoms with van der Waals surface area (Å²) in [5, 5.41) is 3.39. The lowest BCUT2D eigenvalue weighted by Gasteiger charge is -2.41. The summed E-state index contributed by atoms with van der Waals surface area (Å²) in [6, 6.07) is 9.05. The minimum atomic E-state index is -0.910. The van der Waals surface area contributed by atoms with Crippen LogP contribution in [0.25, 0.3) is 11.4 Å². The van der Waals surface area contributed by atoms with Crippen molar-refractivity contribution in [2.45, 2.75) is 51.1 Å². The highest BCUT2D eigenvalue weighted by Gasteiger charge is 2.40. The predicted molar refractivity (Wildman–Crippen MR) is 124 cm³/mol. The molecule has 2 aromatic rings. The minimum Gasteiger partial charge on any atom is -0.352 e. The zero-order valence-corrected chi connectivity index (χ0v) is 19.6. The van der Waals surface area contributed by atoms with Gasteiger partial charge in [-0.1, -0.05) is 23.7 Å². The van der Waals surface area contributed by atoms with Gasteiger partial charge in [-0.3, -0.25) is 14.4 Å². The second kappa shape index (κ2) is 9.47. The molecular formula is C24H28ClN5O3. The number of nitrogens with one attached hydrogen (secondary N) is 1. The Balaban J connectivity index is 1.43. The van der Waals surface area contributed by atoms with Crippen molar-refractivity contribution in [3.05, 3.63) is 47.2 Å². The van der Waals surface area contributed by atoms with Gasteiger partial charge in [-0.05, 0) is 44.9 Å². The third-order valence-electron chi connectivity index (χ3n) is 6.38. The Kier molecular flexibility index (Phi) is 6.65. The molecule has 0 spiro atoms. The van der Waals surface area contributed by atoms with Gasteiger partial charge in [0.15, 0.2) is 5.82 Å². The average Bonchev–Trinajstić information content (AvgIpc) is 3.29. The number of amides is 3. The molecule has 1 N–H and O–H groups in total. The van der Waals surface area contributed by atoms with Crippen LogP contribution >= 0.6 is 11.6 Å². The second-order valence-corrected chi connectivity index (χ2v) is 9.36. The standard InChI is InChI=1S/C24H28ClN5O3/c1-24(2)23(33)27-12-14-30(24)21(32)9-8-20(31)29-13-4-7-19(29)18-10-11-26-22(28-18)16-5-3-6-17(25)15-16/h3,5-6,10-11,15,19H,4,7-9,12-14H2,1-2H3,(H,27,33). The molecule has 0 bridgehead atoms. The molecule has 1 aromatic carbocycles. The Hall–Kier alpha value is -3.00. The van der Waals surface area contributed by atoms with Gasteiger partial charge in [0.2, 0.25) is 17.7 Å². The van der Waals surface area contributed by atoms with Gasteiger partial charge >= 0.3 is 0 Å². The molecule has 0 radical (unpaired) electrons. The third-order valence-corrected chi connectivity index (χ3v) is 6.61. The second-order valence-electron chi connectivity index (χ2n) is 8.92. The number of piperazine rings is 1. The summed E-state index contributed by atoms with van der Waals surface area (Å²) in [6.45, 7) is 4.96. The quantitative estimate of drug-likeness (QED) is 0.726. The van der Waals surface area contributed by atoms with E-state index in [1.807, 2.05) is 29.2 Å². The molecule has 2 aliphatic rings. The normalized spacial score (nSPS) is 20.0. The fraction of sp³-hybridized carbons (Fsp3) is 0.458. The van der Waals surface area contributed by atoms with Gasteiger partial charge < -0.3 is 15.1 Å². The number of carbonyl (C=O) groups is 3. The average molecular weight is 470 g/mol. The number of nitrogens with zero attached hydrogens (tertiary/aromatic N) is 4. The van der Waals surface area contributed by atoms with Gasteiger partial charge in [0.25, 0.3) is 0 Å². The Bertz CT molecular complexity index is 1070. The van der Waals surface area contributed by atoms with E-state index in [2.05, 4.69) is 10.3 Å². The first-order chi connectivity index (χ1) is 15.8. The van der Waals surface area contributed by atoms with Crippen LogP contribution in [0.5, 0.6) is 0 Å². The first kappa shape index (κ1) is 23.2. The number of hydrogen-bond donors (Lipinski definition) is 1. The van der Waals surface area contributed by atoms with Crippen LogP contribution < -0.4 is 5.32 Å². The zero-order chi connectivity index (χ0) is 23.6. The monoisotopic (exact) mass is 469 g/mol. The highest BCUT2D eigenvalue weighted by atomic mass is 35.5. The highest BCUT2D eigenvalue weighted by Crippen LogP contribution is 2.32. The molecule has 4 rings (SSSR count). The van der Waals surface area contributed by atoms with E-state index in [4.69, 9.17) is 16.6 Å². The van der Waals surface area contributed by atoms with Crippen LogP contribution in [0.1, 0.15) is 51.3 Å². The van der Waals surface area contributed by atoms with Crippen LogP contribution in [0.15, 0.2) is 36.5 Å². The maximum atomic E-state index is 13.1.